The minimum Gasteiger partial charge on any atom is -0.399 e. The third kappa shape index (κ3) is 4.72. The van der Waals surface area contributed by atoms with Gasteiger partial charge in [0.1, 0.15) is 0 Å². The SMILES string of the molecule is CCN(CC)CCSc1cc(N)ccc1C(=O)N(C)C. The molecule has 112 valence electrons. The zero-order valence-corrected chi connectivity index (χ0v) is 13.7. The van der Waals surface area contributed by atoms with Gasteiger partial charge >= 0.3 is 0 Å². The first-order valence-electron chi connectivity index (χ1n) is 6.95. The zero-order chi connectivity index (χ0) is 15.1. The number of nitrogens with two attached hydrogens (primary N) is 1. The molecule has 20 heavy (non-hydrogen) atoms. The predicted octanol–water partition coefficient (Wildman–Crippen LogP) is 2.40. The molecule has 0 aliphatic heterocycles. The molecule has 0 spiro atoms. The molecule has 2 N–H and O–H groups in total. The first-order valence-corrected chi connectivity index (χ1v) is 7.94. The lowest BCUT2D eigenvalue weighted by Gasteiger charge is -2.18. The summed E-state index contributed by atoms with van der Waals surface area (Å²) in [7, 11) is 3.53. The molecule has 0 radical (unpaired) electrons. The molecule has 0 fully saturated rings. The number of carbonyl (C=O) groups is 1. The summed E-state index contributed by atoms with van der Waals surface area (Å²) in [6.07, 6.45) is 0. The van der Waals surface area contributed by atoms with Crippen molar-refractivity contribution in [3.63, 3.8) is 0 Å². The molecule has 5 heteroatoms. The number of hydrogen-bond donors (Lipinski definition) is 1. The number of benzene rings is 1. The Morgan fingerprint density at radius 2 is 1.90 bits per heavy atom. The lowest BCUT2D eigenvalue weighted by atomic mass is 10.2. The fraction of sp³-hybridized carbons (Fsp3) is 0.533. The summed E-state index contributed by atoms with van der Waals surface area (Å²) in [5.41, 5.74) is 7.27. The van der Waals surface area contributed by atoms with Gasteiger partial charge in [-0.3, -0.25) is 4.79 Å². The normalized spacial score (nSPS) is 10.8. The molecule has 0 heterocycles. The van der Waals surface area contributed by atoms with Crippen molar-refractivity contribution in [1.29, 1.82) is 0 Å². The molecular formula is C15H25N3OS. The quantitative estimate of drug-likeness (QED) is 0.620. The molecule has 1 aromatic carbocycles. The van der Waals surface area contributed by atoms with E-state index in [1.54, 1.807) is 36.8 Å². The lowest BCUT2D eigenvalue weighted by Crippen LogP contribution is -2.25. The van der Waals surface area contributed by atoms with Crippen LogP contribution in [0.15, 0.2) is 23.1 Å². The average molecular weight is 295 g/mol. The molecular weight excluding hydrogens is 270 g/mol. The Morgan fingerprint density at radius 1 is 1.25 bits per heavy atom. The first kappa shape index (κ1) is 16.9. The van der Waals surface area contributed by atoms with Crippen LogP contribution in [0.4, 0.5) is 5.69 Å². The van der Waals surface area contributed by atoms with E-state index in [1.165, 1.54) is 0 Å². The molecule has 0 atom stereocenters. The highest BCUT2D eigenvalue weighted by Crippen LogP contribution is 2.26. The van der Waals surface area contributed by atoms with Gasteiger partial charge in [0.05, 0.1) is 5.56 Å². The summed E-state index contributed by atoms with van der Waals surface area (Å²) in [6, 6.07) is 5.49. The Hall–Kier alpha value is -1.20. The van der Waals surface area contributed by atoms with Crippen molar-refractivity contribution < 1.29 is 4.79 Å². The number of thioether (sulfide) groups is 1. The van der Waals surface area contributed by atoms with Crippen LogP contribution >= 0.6 is 11.8 Å². The second-order valence-corrected chi connectivity index (χ2v) is 5.97. The van der Waals surface area contributed by atoms with Crippen molar-refractivity contribution in [1.82, 2.24) is 9.80 Å². The van der Waals surface area contributed by atoms with Crippen molar-refractivity contribution in [3.05, 3.63) is 23.8 Å². The van der Waals surface area contributed by atoms with E-state index in [-0.39, 0.29) is 5.91 Å². The van der Waals surface area contributed by atoms with E-state index in [9.17, 15) is 4.79 Å². The molecule has 0 saturated heterocycles. The lowest BCUT2D eigenvalue weighted by molar-refractivity contribution is 0.0824. The number of anilines is 1. The van der Waals surface area contributed by atoms with Gasteiger partial charge in [0, 0.05) is 37.0 Å². The van der Waals surface area contributed by atoms with Crippen molar-refractivity contribution in [2.45, 2.75) is 18.7 Å². The van der Waals surface area contributed by atoms with Gasteiger partial charge < -0.3 is 15.5 Å². The van der Waals surface area contributed by atoms with E-state index in [0.717, 1.165) is 35.8 Å². The van der Waals surface area contributed by atoms with E-state index in [2.05, 4.69) is 18.7 Å². The Labute approximate surface area is 126 Å². The van der Waals surface area contributed by atoms with E-state index in [0.29, 0.717) is 5.69 Å². The summed E-state index contributed by atoms with van der Waals surface area (Å²) in [6.45, 7) is 7.45. The minimum atomic E-state index is 0.0235. The van der Waals surface area contributed by atoms with Gasteiger partial charge in [0.2, 0.25) is 0 Å². The van der Waals surface area contributed by atoms with Crippen LogP contribution in [0.25, 0.3) is 0 Å². The van der Waals surface area contributed by atoms with Gasteiger partial charge in [-0.05, 0) is 31.3 Å². The van der Waals surface area contributed by atoms with E-state index in [1.807, 2.05) is 12.1 Å². The molecule has 4 nitrogen and oxygen atoms in total. The number of rotatable bonds is 7. The van der Waals surface area contributed by atoms with Crippen LogP contribution in [0.3, 0.4) is 0 Å². The highest BCUT2D eigenvalue weighted by molar-refractivity contribution is 7.99. The minimum absolute atomic E-state index is 0.0235. The smallest absolute Gasteiger partial charge is 0.254 e. The fourth-order valence-corrected chi connectivity index (χ4v) is 3.00. The standard InChI is InChI=1S/C15H25N3OS/c1-5-18(6-2)9-10-20-14-11-12(16)7-8-13(14)15(19)17(3)4/h7-8,11H,5-6,9-10,16H2,1-4H3. The Kier molecular flexibility index (Phi) is 6.88. The van der Waals surface area contributed by atoms with Gasteiger partial charge in [0.15, 0.2) is 0 Å². The molecule has 1 aromatic rings. The van der Waals surface area contributed by atoms with E-state index >= 15 is 0 Å². The van der Waals surface area contributed by atoms with Crippen molar-refractivity contribution in [2.24, 2.45) is 0 Å². The van der Waals surface area contributed by atoms with Gasteiger partial charge in [-0.2, -0.15) is 0 Å². The number of hydrogen-bond acceptors (Lipinski definition) is 4. The number of carbonyl (C=O) groups excluding carboxylic acids is 1. The highest BCUT2D eigenvalue weighted by Gasteiger charge is 2.14. The van der Waals surface area contributed by atoms with Crippen molar-refractivity contribution >= 4 is 23.4 Å². The highest BCUT2D eigenvalue weighted by atomic mass is 32.2. The topological polar surface area (TPSA) is 49.6 Å². The van der Waals surface area contributed by atoms with Gasteiger partial charge in [0.25, 0.3) is 5.91 Å². The molecule has 0 bridgehead atoms. The molecule has 0 aliphatic rings. The molecule has 0 aliphatic carbocycles. The first-order chi connectivity index (χ1) is 9.49. The summed E-state index contributed by atoms with van der Waals surface area (Å²) in [5.74, 6) is 0.981. The van der Waals surface area contributed by atoms with Crippen LogP contribution < -0.4 is 5.73 Å². The molecule has 0 unspecified atom stereocenters. The monoisotopic (exact) mass is 295 g/mol. The predicted molar refractivity (Wildman–Crippen MR) is 87.4 cm³/mol. The van der Waals surface area contributed by atoms with Crippen molar-refractivity contribution in [2.75, 3.05) is 45.2 Å². The van der Waals surface area contributed by atoms with Crippen molar-refractivity contribution in [3.8, 4) is 0 Å². The molecule has 0 saturated carbocycles. The van der Waals surface area contributed by atoms with Gasteiger partial charge in [-0.1, -0.05) is 13.8 Å². The summed E-state index contributed by atoms with van der Waals surface area (Å²) < 4.78 is 0. The van der Waals surface area contributed by atoms with E-state index < -0.39 is 0 Å². The Morgan fingerprint density at radius 3 is 2.45 bits per heavy atom. The maximum atomic E-state index is 12.1. The molecule has 1 rings (SSSR count). The average Bonchev–Trinajstić information content (AvgIpc) is 2.43. The fourth-order valence-electron chi connectivity index (χ4n) is 1.90. The maximum absolute atomic E-state index is 12.1. The van der Waals surface area contributed by atoms with Gasteiger partial charge in [-0.15, -0.1) is 11.8 Å². The zero-order valence-electron chi connectivity index (χ0n) is 12.8. The van der Waals surface area contributed by atoms with E-state index in [4.69, 9.17) is 5.73 Å². The number of nitrogen functional groups attached to an aromatic ring is 1. The van der Waals surface area contributed by atoms with Gasteiger partial charge in [-0.25, -0.2) is 0 Å². The maximum Gasteiger partial charge on any atom is 0.254 e. The van der Waals surface area contributed by atoms with Crippen LogP contribution in [-0.4, -0.2) is 55.2 Å². The summed E-state index contributed by atoms with van der Waals surface area (Å²) in [5, 5.41) is 0. The van der Waals surface area contributed by atoms with Crippen LogP contribution in [0.1, 0.15) is 24.2 Å². The van der Waals surface area contributed by atoms with Crippen LogP contribution in [0.2, 0.25) is 0 Å². The number of amides is 1. The van der Waals surface area contributed by atoms with Crippen LogP contribution in [-0.2, 0) is 0 Å². The second-order valence-electron chi connectivity index (χ2n) is 4.83. The second kappa shape index (κ2) is 8.17. The third-order valence-electron chi connectivity index (χ3n) is 3.20. The number of nitrogens with zero attached hydrogens (tertiary/aromatic N) is 2. The third-order valence-corrected chi connectivity index (χ3v) is 4.24. The Balaban J connectivity index is 2.77. The molecule has 0 aromatic heterocycles. The Bertz CT molecular complexity index is 445. The summed E-state index contributed by atoms with van der Waals surface area (Å²) >= 11 is 1.70. The van der Waals surface area contributed by atoms with Crippen LogP contribution in [0, 0.1) is 0 Å². The largest absolute Gasteiger partial charge is 0.399 e. The molecule has 1 amide bonds. The summed E-state index contributed by atoms with van der Waals surface area (Å²) in [4.78, 5) is 17.1. The van der Waals surface area contributed by atoms with Crippen LogP contribution in [0.5, 0.6) is 0 Å².